The van der Waals surface area contributed by atoms with Gasteiger partial charge < -0.3 is 0 Å². The SMILES string of the molecule is CCCOOC(=O)c1cccnc1F. The summed E-state index contributed by atoms with van der Waals surface area (Å²) < 4.78 is 12.9. The minimum Gasteiger partial charge on any atom is -0.293 e. The second-order valence-corrected chi connectivity index (χ2v) is 2.53. The van der Waals surface area contributed by atoms with Gasteiger partial charge in [-0.3, -0.25) is 4.89 Å². The highest BCUT2D eigenvalue weighted by atomic mass is 19.1. The fourth-order valence-electron chi connectivity index (χ4n) is 0.762. The number of carbonyl (C=O) groups is 1. The van der Waals surface area contributed by atoms with Gasteiger partial charge in [-0.2, -0.15) is 9.28 Å². The van der Waals surface area contributed by atoms with Crippen molar-refractivity contribution in [2.45, 2.75) is 13.3 Å². The lowest BCUT2D eigenvalue weighted by molar-refractivity contribution is -0.240. The van der Waals surface area contributed by atoms with Crippen molar-refractivity contribution in [3.8, 4) is 0 Å². The molecule has 1 heterocycles. The van der Waals surface area contributed by atoms with E-state index in [1.54, 1.807) is 0 Å². The first-order valence-corrected chi connectivity index (χ1v) is 4.20. The summed E-state index contributed by atoms with van der Waals surface area (Å²) in [7, 11) is 0. The topological polar surface area (TPSA) is 48.4 Å². The Labute approximate surface area is 80.6 Å². The Morgan fingerprint density at radius 1 is 1.64 bits per heavy atom. The lowest BCUT2D eigenvalue weighted by Gasteiger charge is -2.01. The molecule has 0 saturated carbocycles. The highest BCUT2D eigenvalue weighted by Crippen LogP contribution is 2.05. The predicted octanol–water partition coefficient (Wildman–Crippen LogP) is 1.72. The van der Waals surface area contributed by atoms with E-state index in [2.05, 4.69) is 14.8 Å². The van der Waals surface area contributed by atoms with Gasteiger partial charge in [0.1, 0.15) is 5.56 Å². The Hall–Kier alpha value is -1.49. The molecule has 0 aromatic carbocycles. The van der Waals surface area contributed by atoms with Crippen molar-refractivity contribution in [1.82, 2.24) is 4.98 Å². The molecule has 0 aliphatic heterocycles. The van der Waals surface area contributed by atoms with Crippen LogP contribution in [0.15, 0.2) is 18.3 Å². The van der Waals surface area contributed by atoms with Crippen LogP contribution >= 0.6 is 0 Å². The number of halogens is 1. The second kappa shape index (κ2) is 5.29. The number of carbonyl (C=O) groups excluding carboxylic acids is 1. The molecule has 0 spiro atoms. The van der Waals surface area contributed by atoms with E-state index in [1.165, 1.54) is 18.3 Å². The van der Waals surface area contributed by atoms with E-state index in [0.29, 0.717) is 6.42 Å². The summed E-state index contributed by atoms with van der Waals surface area (Å²) in [4.78, 5) is 23.3. The van der Waals surface area contributed by atoms with Crippen molar-refractivity contribution in [2.75, 3.05) is 6.61 Å². The third kappa shape index (κ3) is 2.77. The first-order valence-electron chi connectivity index (χ1n) is 4.20. The van der Waals surface area contributed by atoms with Crippen molar-refractivity contribution < 1.29 is 19.0 Å². The normalized spacial score (nSPS) is 9.86. The van der Waals surface area contributed by atoms with Crippen LogP contribution in [0.4, 0.5) is 4.39 Å². The maximum absolute atomic E-state index is 12.9. The van der Waals surface area contributed by atoms with Crippen LogP contribution in [0.25, 0.3) is 0 Å². The van der Waals surface area contributed by atoms with Crippen molar-refractivity contribution in [3.63, 3.8) is 0 Å². The number of nitrogens with zero attached hydrogens (tertiary/aromatic N) is 1. The molecule has 1 aromatic heterocycles. The van der Waals surface area contributed by atoms with E-state index in [1.807, 2.05) is 6.92 Å². The van der Waals surface area contributed by atoms with Gasteiger partial charge in [0, 0.05) is 6.20 Å². The third-order valence-corrected chi connectivity index (χ3v) is 1.40. The summed E-state index contributed by atoms with van der Waals surface area (Å²) in [6, 6.07) is 2.72. The number of hydrogen-bond acceptors (Lipinski definition) is 4. The smallest absolute Gasteiger partial charge is 0.293 e. The minimum atomic E-state index is -0.871. The summed E-state index contributed by atoms with van der Waals surface area (Å²) in [6.07, 6.45) is 1.96. The van der Waals surface area contributed by atoms with E-state index >= 15 is 0 Å². The lowest BCUT2D eigenvalue weighted by Crippen LogP contribution is -2.09. The van der Waals surface area contributed by atoms with Crippen LogP contribution in [-0.2, 0) is 9.78 Å². The molecule has 0 unspecified atom stereocenters. The van der Waals surface area contributed by atoms with Gasteiger partial charge in [-0.1, -0.05) is 6.92 Å². The molecule has 4 nitrogen and oxygen atoms in total. The fraction of sp³-hybridized carbons (Fsp3) is 0.333. The van der Waals surface area contributed by atoms with E-state index in [-0.39, 0.29) is 12.2 Å². The van der Waals surface area contributed by atoms with Crippen LogP contribution in [0.5, 0.6) is 0 Å². The molecule has 0 saturated heterocycles. The molecule has 0 fully saturated rings. The van der Waals surface area contributed by atoms with E-state index in [9.17, 15) is 9.18 Å². The summed E-state index contributed by atoms with van der Waals surface area (Å²) >= 11 is 0. The molecule has 0 amide bonds. The average Bonchev–Trinajstić information content (AvgIpc) is 2.18. The van der Waals surface area contributed by atoms with Gasteiger partial charge in [-0.15, -0.1) is 0 Å². The molecule has 1 rings (SSSR count). The van der Waals surface area contributed by atoms with Crippen LogP contribution in [0.3, 0.4) is 0 Å². The zero-order chi connectivity index (χ0) is 10.4. The van der Waals surface area contributed by atoms with Gasteiger partial charge in [-0.05, 0) is 18.6 Å². The van der Waals surface area contributed by atoms with Gasteiger partial charge in [0.25, 0.3) is 0 Å². The van der Waals surface area contributed by atoms with E-state index < -0.39 is 11.9 Å². The van der Waals surface area contributed by atoms with Gasteiger partial charge in [0.05, 0.1) is 6.61 Å². The molecule has 5 heteroatoms. The average molecular weight is 199 g/mol. The van der Waals surface area contributed by atoms with Gasteiger partial charge >= 0.3 is 5.97 Å². The van der Waals surface area contributed by atoms with Crippen LogP contribution < -0.4 is 0 Å². The number of pyridine rings is 1. The minimum absolute atomic E-state index is 0.233. The Balaban J connectivity index is 2.56. The molecular weight excluding hydrogens is 189 g/mol. The first kappa shape index (κ1) is 10.6. The Morgan fingerprint density at radius 2 is 2.43 bits per heavy atom. The van der Waals surface area contributed by atoms with Crippen molar-refractivity contribution in [1.29, 1.82) is 0 Å². The third-order valence-electron chi connectivity index (χ3n) is 1.40. The van der Waals surface area contributed by atoms with Crippen LogP contribution in [0.1, 0.15) is 23.7 Å². The van der Waals surface area contributed by atoms with Gasteiger partial charge in [0.15, 0.2) is 0 Å². The number of aromatic nitrogens is 1. The van der Waals surface area contributed by atoms with Gasteiger partial charge in [0.2, 0.25) is 5.95 Å². The molecular formula is C9H10FNO3. The molecule has 0 bridgehead atoms. The molecule has 1 aromatic rings. The van der Waals surface area contributed by atoms with E-state index in [0.717, 1.165) is 0 Å². The molecule has 76 valence electrons. The predicted molar refractivity (Wildman–Crippen MR) is 45.9 cm³/mol. The summed E-state index contributed by atoms with van der Waals surface area (Å²) in [5.41, 5.74) is -0.233. The maximum Gasteiger partial charge on any atom is 0.377 e. The molecule has 0 radical (unpaired) electrons. The first-order chi connectivity index (χ1) is 6.75. The van der Waals surface area contributed by atoms with Crippen molar-refractivity contribution in [2.24, 2.45) is 0 Å². The molecule has 0 atom stereocenters. The summed E-state index contributed by atoms with van der Waals surface area (Å²) in [6.45, 7) is 2.14. The highest BCUT2D eigenvalue weighted by molar-refractivity contribution is 5.88. The quantitative estimate of drug-likeness (QED) is 0.320. The summed E-state index contributed by atoms with van der Waals surface area (Å²) in [5, 5.41) is 0. The molecule has 0 aliphatic rings. The standard InChI is InChI=1S/C9H10FNO3/c1-2-6-13-14-9(12)7-4-3-5-11-8(7)10/h3-5H,2,6H2,1H3. The maximum atomic E-state index is 12.9. The Bertz CT molecular complexity index is 317. The Morgan fingerprint density at radius 3 is 3.07 bits per heavy atom. The van der Waals surface area contributed by atoms with Crippen molar-refractivity contribution in [3.05, 3.63) is 29.8 Å². The second-order valence-electron chi connectivity index (χ2n) is 2.53. The highest BCUT2D eigenvalue weighted by Gasteiger charge is 2.14. The monoisotopic (exact) mass is 199 g/mol. The van der Waals surface area contributed by atoms with Crippen LogP contribution in [-0.4, -0.2) is 17.6 Å². The fourth-order valence-corrected chi connectivity index (χ4v) is 0.762. The van der Waals surface area contributed by atoms with E-state index in [4.69, 9.17) is 0 Å². The zero-order valence-corrected chi connectivity index (χ0v) is 7.70. The summed E-state index contributed by atoms with van der Waals surface area (Å²) in [5.74, 6) is -1.73. The Kier molecular flexibility index (Phi) is 4.00. The van der Waals surface area contributed by atoms with Crippen LogP contribution in [0, 0.1) is 5.95 Å². The molecule has 14 heavy (non-hydrogen) atoms. The lowest BCUT2D eigenvalue weighted by atomic mass is 10.3. The van der Waals surface area contributed by atoms with Gasteiger partial charge in [-0.25, -0.2) is 9.78 Å². The zero-order valence-electron chi connectivity index (χ0n) is 7.70. The van der Waals surface area contributed by atoms with Crippen molar-refractivity contribution >= 4 is 5.97 Å². The number of rotatable bonds is 4. The molecule has 0 aliphatic carbocycles. The molecule has 0 N–H and O–H groups in total. The largest absolute Gasteiger partial charge is 0.377 e. The number of hydrogen-bond donors (Lipinski definition) is 0. The van der Waals surface area contributed by atoms with Crippen LogP contribution in [0.2, 0.25) is 0 Å².